The standard InChI is InChI=1S/C22H22FNO4/c1-3-4-13-24-19(16-7-5-6-8-17(16)23)18(21(26)22(24)27)20(25)14-9-11-15(28-2)12-10-14/h5-12,19,25H,3-4,13H2,1-2H3/b20-18+/t19-/m1/s1. The number of benzene rings is 2. The summed E-state index contributed by atoms with van der Waals surface area (Å²) < 4.78 is 19.7. The van der Waals surface area contributed by atoms with Crippen LogP contribution in [-0.2, 0) is 9.59 Å². The first-order chi connectivity index (χ1) is 13.5. The number of unbranched alkanes of at least 4 members (excludes halogenated alkanes) is 1. The van der Waals surface area contributed by atoms with Gasteiger partial charge in [0.2, 0.25) is 0 Å². The van der Waals surface area contributed by atoms with Crippen molar-refractivity contribution >= 4 is 17.4 Å². The van der Waals surface area contributed by atoms with Gasteiger partial charge in [0, 0.05) is 17.7 Å². The number of carbonyl (C=O) groups excluding carboxylic acids is 2. The van der Waals surface area contributed by atoms with E-state index in [-0.39, 0.29) is 16.9 Å². The van der Waals surface area contributed by atoms with Crippen molar-refractivity contribution in [2.45, 2.75) is 25.8 Å². The Labute approximate surface area is 163 Å². The Morgan fingerprint density at radius 3 is 2.43 bits per heavy atom. The van der Waals surface area contributed by atoms with Crippen LogP contribution in [-0.4, -0.2) is 35.4 Å². The third-order valence-corrected chi connectivity index (χ3v) is 4.86. The first-order valence-corrected chi connectivity index (χ1v) is 9.16. The van der Waals surface area contributed by atoms with Crippen LogP contribution in [0, 0.1) is 5.82 Å². The highest BCUT2D eigenvalue weighted by molar-refractivity contribution is 6.46. The number of ketones is 1. The van der Waals surface area contributed by atoms with E-state index in [1.165, 1.54) is 24.1 Å². The zero-order valence-electron chi connectivity index (χ0n) is 15.8. The number of nitrogens with zero attached hydrogens (tertiary/aromatic N) is 1. The molecule has 0 unspecified atom stereocenters. The summed E-state index contributed by atoms with van der Waals surface area (Å²) in [6.07, 6.45) is 1.48. The molecule has 1 atom stereocenters. The molecular weight excluding hydrogens is 361 g/mol. The zero-order valence-corrected chi connectivity index (χ0v) is 15.8. The molecule has 1 aliphatic rings. The third-order valence-electron chi connectivity index (χ3n) is 4.86. The summed E-state index contributed by atoms with van der Waals surface area (Å²) in [5, 5.41) is 10.9. The van der Waals surface area contributed by atoms with Gasteiger partial charge in [-0.1, -0.05) is 31.5 Å². The molecule has 2 aromatic carbocycles. The van der Waals surface area contributed by atoms with Crippen LogP contribution in [0.4, 0.5) is 4.39 Å². The molecule has 1 amide bonds. The van der Waals surface area contributed by atoms with E-state index in [0.717, 1.165) is 6.42 Å². The number of rotatable bonds is 6. The zero-order chi connectivity index (χ0) is 20.3. The van der Waals surface area contributed by atoms with Gasteiger partial charge in [-0.2, -0.15) is 0 Å². The molecule has 5 nitrogen and oxygen atoms in total. The van der Waals surface area contributed by atoms with Crippen LogP contribution in [0.25, 0.3) is 5.76 Å². The van der Waals surface area contributed by atoms with E-state index in [1.807, 2.05) is 6.92 Å². The molecule has 146 valence electrons. The SMILES string of the molecule is CCCCN1C(=O)C(=O)/C(=C(/O)c2ccc(OC)cc2)[C@H]1c1ccccc1F. The monoisotopic (exact) mass is 383 g/mol. The normalized spacial score (nSPS) is 18.5. The molecule has 0 saturated carbocycles. The summed E-state index contributed by atoms with van der Waals surface area (Å²) in [5.41, 5.74) is 0.444. The number of aliphatic hydroxyl groups excluding tert-OH is 1. The number of carbonyl (C=O) groups is 2. The lowest BCUT2D eigenvalue weighted by atomic mass is 9.95. The molecule has 2 aromatic rings. The van der Waals surface area contributed by atoms with Crippen molar-refractivity contribution in [2.24, 2.45) is 0 Å². The van der Waals surface area contributed by atoms with E-state index < -0.39 is 23.5 Å². The molecule has 1 aliphatic heterocycles. The molecule has 0 radical (unpaired) electrons. The van der Waals surface area contributed by atoms with Gasteiger partial charge >= 0.3 is 0 Å². The van der Waals surface area contributed by atoms with Crippen LogP contribution in [0.5, 0.6) is 5.75 Å². The van der Waals surface area contributed by atoms with Crippen molar-refractivity contribution < 1.29 is 23.8 Å². The molecule has 0 bridgehead atoms. The summed E-state index contributed by atoms with van der Waals surface area (Å²) in [5.74, 6) is -1.80. The van der Waals surface area contributed by atoms with E-state index in [4.69, 9.17) is 4.74 Å². The van der Waals surface area contributed by atoms with Crippen molar-refractivity contribution in [2.75, 3.05) is 13.7 Å². The van der Waals surface area contributed by atoms with Crippen LogP contribution < -0.4 is 4.74 Å². The molecule has 0 aromatic heterocycles. The van der Waals surface area contributed by atoms with E-state index in [9.17, 15) is 19.1 Å². The van der Waals surface area contributed by atoms with Crippen LogP contribution in [0.3, 0.4) is 0 Å². The molecule has 0 aliphatic carbocycles. The van der Waals surface area contributed by atoms with Gasteiger partial charge in [-0.3, -0.25) is 9.59 Å². The molecule has 1 saturated heterocycles. The Balaban J connectivity index is 2.16. The second-order valence-electron chi connectivity index (χ2n) is 6.60. The molecule has 1 heterocycles. The minimum atomic E-state index is -0.963. The average Bonchev–Trinajstić information content (AvgIpc) is 2.96. The lowest BCUT2D eigenvalue weighted by Gasteiger charge is -2.25. The quantitative estimate of drug-likeness (QED) is 0.464. The van der Waals surface area contributed by atoms with Gasteiger partial charge in [-0.05, 0) is 36.8 Å². The Morgan fingerprint density at radius 2 is 1.82 bits per heavy atom. The second-order valence-corrected chi connectivity index (χ2v) is 6.60. The van der Waals surface area contributed by atoms with Crippen molar-refractivity contribution in [3.63, 3.8) is 0 Å². The fraction of sp³-hybridized carbons (Fsp3) is 0.273. The van der Waals surface area contributed by atoms with Crippen molar-refractivity contribution in [3.05, 3.63) is 71.0 Å². The summed E-state index contributed by atoms with van der Waals surface area (Å²) in [4.78, 5) is 26.7. The predicted octanol–water partition coefficient (Wildman–Crippen LogP) is 4.06. The number of likely N-dealkylation sites (tertiary alicyclic amines) is 1. The fourth-order valence-electron chi connectivity index (χ4n) is 3.36. The number of ether oxygens (including phenoxy) is 1. The van der Waals surface area contributed by atoms with Crippen molar-refractivity contribution in [1.82, 2.24) is 4.90 Å². The van der Waals surface area contributed by atoms with Crippen LogP contribution in [0.15, 0.2) is 54.1 Å². The summed E-state index contributed by atoms with van der Waals surface area (Å²) in [6.45, 7) is 2.27. The third kappa shape index (κ3) is 3.50. The minimum Gasteiger partial charge on any atom is -0.507 e. The molecule has 0 spiro atoms. The first kappa shape index (κ1) is 19.6. The van der Waals surface area contributed by atoms with Gasteiger partial charge in [0.15, 0.2) is 0 Å². The molecule has 1 N–H and O–H groups in total. The van der Waals surface area contributed by atoms with Gasteiger partial charge in [-0.25, -0.2) is 4.39 Å². The number of hydrogen-bond acceptors (Lipinski definition) is 4. The summed E-state index contributed by atoms with van der Waals surface area (Å²) >= 11 is 0. The van der Waals surface area contributed by atoms with Crippen molar-refractivity contribution in [1.29, 1.82) is 0 Å². The van der Waals surface area contributed by atoms with Crippen LogP contribution in [0.2, 0.25) is 0 Å². The highest BCUT2D eigenvalue weighted by Crippen LogP contribution is 2.40. The van der Waals surface area contributed by atoms with E-state index >= 15 is 0 Å². The maximum Gasteiger partial charge on any atom is 0.295 e. The number of amides is 1. The fourth-order valence-corrected chi connectivity index (χ4v) is 3.36. The predicted molar refractivity (Wildman–Crippen MR) is 103 cm³/mol. The number of Topliss-reactive ketones (excluding diaryl/α,β-unsaturated/α-hetero) is 1. The Morgan fingerprint density at radius 1 is 1.14 bits per heavy atom. The maximum atomic E-state index is 14.6. The van der Waals surface area contributed by atoms with Crippen LogP contribution in [0.1, 0.15) is 36.9 Å². The van der Waals surface area contributed by atoms with Gasteiger partial charge in [-0.15, -0.1) is 0 Å². The van der Waals surface area contributed by atoms with Crippen molar-refractivity contribution in [3.8, 4) is 5.75 Å². The molecular formula is C22H22FNO4. The Hall–Kier alpha value is -3.15. The topological polar surface area (TPSA) is 66.8 Å². The molecule has 6 heteroatoms. The van der Waals surface area contributed by atoms with Gasteiger partial charge < -0.3 is 14.7 Å². The first-order valence-electron chi connectivity index (χ1n) is 9.16. The number of methoxy groups -OCH3 is 1. The lowest BCUT2D eigenvalue weighted by Crippen LogP contribution is -2.31. The van der Waals surface area contributed by atoms with Gasteiger partial charge in [0.1, 0.15) is 17.3 Å². The molecule has 3 rings (SSSR count). The summed E-state index contributed by atoms with van der Waals surface area (Å²) in [7, 11) is 1.52. The van der Waals surface area contributed by atoms with E-state index in [0.29, 0.717) is 24.3 Å². The maximum absolute atomic E-state index is 14.6. The number of aliphatic hydroxyl groups is 1. The highest BCUT2D eigenvalue weighted by atomic mass is 19.1. The Bertz CT molecular complexity index is 920. The van der Waals surface area contributed by atoms with Crippen LogP contribution >= 0.6 is 0 Å². The number of hydrogen-bond donors (Lipinski definition) is 1. The second kappa shape index (κ2) is 8.25. The Kier molecular flexibility index (Phi) is 5.78. The molecule has 1 fully saturated rings. The highest BCUT2D eigenvalue weighted by Gasteiger charge is 2.46. The molecule has 28 heavy (non-hydrogen) atoms. The van der Waals surface area contributed by atoms with Gasteiger partial charge in [0.05, 0.1) is 18.7 Å². The van der Waals surface area contributed by atoms with E-state index in [1.54, 1.807) is 36.4 Å². The lowest BCUT2D eigenvalue weighted by molar-refractivity contribution is -0.139. The average molecular weight is 383 g/mol. The smallest absolute Gasteiger partial charge is 0.295 e. The van der Waals surface area contributed by atoms with E-state index in [2.05, 4.69) is 0 Å². The van der Waals surface area contributed by atoms with Gasteiger partial charge in [0.25, 0.3) is 11.7 Å². The summed E-state index contributed by atoms with van der Waals surface area (Å²) in [6, 6.07) is 11.5. The number of halogens is 1. The largest absolute Gasteiger partial charge is 0.507 e. The minimum absolute atomic E-state index is 0.101.